The van der Waals surface area contributed by atoms with Crippen LogP contribution in [0.5, 0.6) is 0 Å². The molecule has 14 heteroatoms. The van der Waals surface area contributed by atoms with E-state index in [1.54, 1.807) is 58.0 Å². The Morgan fingerprint density at radius 2 is 1.76 bits per heavy atom. The van der Waals surface area contributed by atoms with Gasteiger partial charge in [-0.3, -0.25) is 13.9 Å². The van der Waals surface area contributed by atoms with Gasteiger partial charge in [-0.25, -0.2) is 15.0 Å². The van der Waals surface area contributed by atoms with Crippen LogP contribution in [0, 0.1) is 0 Å². The Balaban J connectivity index is 1.45. The zero-order valence-corrected chi connectivity index (χ0v) is 22.4. The lowest BCUT2D eigenvalue weighted by Crippen LogP contribution is -2.34. The van der Waals surface area contributed by atoms with Crippen molar-refractivity contribution in [2.24, 2.45) is 0 Å². The van der Waals surface area contributed by atoms with Crippen molar-refractivity contribution in [3.63, 3.8) is 0 Å². The summed E-state index contributed by atoms with van der Waals surface area (Å²) in [5.74, 6) is -0.188. The number of nitrogens with one attached hydrogen (secondary N) is 1. The molecule has 0 unspecified atom stereocenters. The summed E-state index contributed by atoms with van der Waals surface area (Å²) in [4.78, 5) is 25.2. The minimum Gasteiger partial charge on any atom is -0.387 e. The molecule has 3 N–H and O–H groups in total. The van der Waals surface area contributed by atoms with Crippen molar-refractivity contribution in [2.45, 2.75) is 64.4 Å². The molecule has 38 heavy (non-hydrogen) atoms. The number of ether oxygens (including phenoxy) is 2. The van der Waals surface area contributed by atoms with Gasteiger partial charge >= 0.3 is 7.60 Å². The zero-order valence-electron chi connectivity index (χ0n) is 21.5. The lowest BCUT2D eigenvalue weighted by molar-refractivity contribution is -0.0622. The molecule has 0 aliphatic carbocycles. The summed E-state index contributed by atoms with van der Waals surface area (Å²) in [6.07, 6.45) is -3.06. The van der Waals surface area contributed by atoms with E-state index in [0.717, 1.165) is 0 Å². The first kappa shape index (κ1) is 28.2. The number of nitrogens with zero attached hydrogens (tertiary/aromatic N) is 4. The monoisotopic (exact) mass is 549 g/mol. The molecule has 1 fully saturated rings. The smallest absolute Gasteiger partial charge is 0.356 e. The van der Waals surface area contributed by atoms with Gasteiger partial charge in [0.25, 0.3) is 5.91 Å². The molecule has 4 rings (SSSR count). The van der Waals surface area contributed by atoms with Crippen LogP contribution in [0.4, 0.5) is 5.82 Å². The summed E-state index contributed by atoms with van der Waals surface area (Å²) in [5, 5.41) is 24.0. The Hall–Kier alpha value is -2.77. The first-order chi connectivity index (χ1) is 18.1. The largest absolute Gasteiger partial charge is 0.387 e. The highest BCUT2D eigenvalue weighted by Crippen LogP contribution is 2.50. The van der Waals surface area contributed by atoms with Gasteiger partial charge in [-0.1, -0.05) is 18.2 Å². The minimum absolute atomic E-state index is 0.179. The number of aliphatic hydroxyl groups is 2. The molecule has 1 aromatic carbocycles. The van der Waals surface area contributed by atoms with Crippen LogP contribution in [0.2, 0.25) is 0 Å². The van der Waals surface area contributed by atoms with E-state index in [1.165, 1.54) is 17.2 Å². The number of carbonyl (C=O) groups is 1. The number of anilines is 1. The zero-order chi connectivity index (χ0) is 27.4. The molecule has 2 aromatic heterocycles. The maximum absolute atomic E-state index is 13.0. The van der Waals surface area contributed by atoms with Crippen LogP contribution in [0.15, 0.2) is 43.0 Å². The Morgan fingerprint density at radius 3 is 2.42 bits per heavy atom. The fourth-order valence-corrected chi connectivity index (χ4v) is 5.79. The van der Waals surface area contributed by atoms with Crippen molar-refractivity contribution in [3.8, 4) is 0 Å². The number of amides is 1. The molecule has 1 aliphatic rings. The van der Waals surface area contributed by atoms with Crippen LogP contribution < -0.4 is 5.32 Å². The number of imidazole rings is 1. The summed E-state index contributed by atoms with van der Waals surface area (Å²) in [6, 6.07) is 8.63. The molecule has 1 aliphatic heterocycles. The molecule has 0 bridgehead atoms. The molecule has 206 valence electrons. The van der Waals surface area contributed by atoms with E-state index < -0.39 is 32.1 Å². The summed E-state index contributed by atoms with van der Waals surface area (Å²) in [5.41, 5.74) is 1.00. The highest BCUT2D eigenvalue weighted by molar-refractivity contribution is 7.53. The molecule has 1 saturated heterocycles. The van der Waals surface area contributed by atoms with E-state index in [9.17, 15) is 19.6 Å². The van der Waals surface area contributed by atoms with Crippen LogP contribution in [0.3, 0.4) is 0 Å². The molecule has 13 nitrogen and oxygen atoms in total. The van der Waals surface area contributed by atoms with Gasteiger partial charge in [-0.2, -0.15) is 0 Å². The third-order valence-corrected chi connectivity index (χ3v) is 7.50. The first-order valence-corrected chi connectivity index (χ1v) is 13.9. The van der Waals surface area contributed by atoms with Crippen molar-refractivity contribution in [1.82, 2.24) is 19.5 Å². The highest BCUT2D eigenvalue weighted by Gasteiger charge is 2.45. The summed E-state index contributed by atoms with van der Waals surface area (Å²) < 4.78 is 36.8. The van der Waals surface area contributed by atoms with E-state index in [2.05, 4.69) is 20.3 Å². The van der Waals surface area contributed by atoms with E-state index in [-0.39, 0.29) is 48.1 Å². The summed E-state index contributed by atoms with van der Waals surface area (Å²) >= 11 is 0. The lowest BCUT2D eigenvalue weighted by atomic mass is 10.1. The Labute approximate surface area is 219 Å². The summed E-state index contributed by atoms with van der Waals surface area (Å²) in [7, 11) is -3.55. The van der Waals surface area contributed by atoms with Gasteiger partial charge in [0.2, 0.25) is 0 Å². The van der Waals surface area contributed by atoms with Gasteiger partial charge in [-0.05, 0) is 39.8 Å². The van der Waals surface area contributed by atoms with Crippen LogP contribution in [-0.4, -0.2) is 79.1 Å². The molecule has 4 atom stereocenters. The fourth-order valence-electron chi connectivity index (χ4n) is 4.00. The molecule has 0 saturated carbocycles. The minimum atomic E-state index is -3.55. The van der Waals surface area contributed by atoms with Gasteiger partial charge in [0, 0.05) is 5.56 Å². The molecule has 1 amide bonds. The first-order valence-electron chi connectivity index (χ1n) is 12.2. The second-order valence-electron chi connectivity index (χ2n) is 9.33. The molecular formula is C24H32N5O8P. The number of benzene rings is 1. The van der Waals surface area contributed by atoms with Crippen molar-refractivity contribution in [1.29, 1.82) is 0 Å². The SMILES string of the molecule is CC(C)OP(=O)(COC[C@H]1O[C@@H](n2cnc3c(NC(=O)c4ccccc4)ncnc32)[C@H](O)[C@@H]1O)OC(C)C. The second-order valence-corrected chi connectivity index (χ2v) is 11.2. The lowest BCUT2D eigenvalue weighted by Gasteiger charge is -2.23. The average Bonchev–Trinajstić information content (AvgIpc) is 3.40. The van der Waals surface area contributed by atoms with E-state index in [4.69, 9.17) is 18.5 Å². The van der Waals surface area contributed by atoms with Gasteiger partial charge in [0.15, 0.2) is 23.2 Å². The maximum atomic E-state index is 13.0. The molecule has 3 aromatic rings. The van der Waals surface area contributed by atoms with E-state index in [1.807, 2.05) is 0 Å². The van der Waals surface area contributed by atoms with Gasteiger partial charge < -0.3 is 34.1 Å². The second kappa shape index (κ2) is 12.0. The third kappa shape index (κ3) is 6.44. The van der Waals surface area contributed by atoms with Crippen molar-refractivity contribution >= 4 is 30.5 Å². The number of fused-ring (bicyclic) bond motifs is 1. The van der Waals surface area contributed by atoms with Crippen LogP contribution >= 0.6 is 7.60 Å². The van der Waals surface area contributed by atoms with E-state index >= 15 is 0 Å². The van der Waals surface area contributed by atoms with Gasteiger partial charge in [0.05, 0.1) is 25.1 Å². The third-order valence-electron chi connectivity index (χ3n) is 5.51. The van der Waals surface area contributed by atoms with Gasteiger partial charge in [-0.15, -0.1) is 0 Å². The fraction of sp³-hybridized carbons (Fsp3) is 0.500. The predicted molar refractivity (Wildman–Crippen MR) is 137 cm³/mol. The highest BCUT2D eigenvalue weighted by atomic mass is 31.2. The van der Waals surface area contributed by atoms with Crippen molar-refractivity contribution < 1.29 is 38.1 Å². The quantitative estimate of drug-likeness (QED) is 0.301. The van der Waals surface area contributed by atoms with Crippen LogP contribution in [0.25, 0.3) is 11.2 Å². The standard InChI is InChI=1S/C24H32N5O8P/c1-14(2)36-38(33,37-15(3)4)13-34-10-17-19(30)20(31)24(35-17)29-12-27-18-21(25-11-26-22(18)29)28-23(32)16-8-6-5-7-9-16/h5-9,11-12,14-15,17,19-20,24,30-31H,10,13H2,1-4H3,(H,25,26,28,32)/t17-,19-,20-,24-/m1/s1. The van der Waals surface area contributed by atoms with E-state index in [0.29, 0.717) is 5.56 Å². The number of aliphatic hydroxyl groups excluding tert-OH is 2. The molecule has 0 radical (unpaired) electrons. The number of hydrogen-bond donors (Lipinski definition) is 3. The van der Waals surface area contributed by atoms with Gasteiger partial charge in [0.1, 0.15) is 31.0 Å². The number of rotatable bonds is 11. The Morgan fingerprint density at radius 1 is 1.08 bits per heavy atom. The van der Waals surface area contributed by atoms with Crippen molar-refractivity contribution in [3.05, 3.63) is 48.5 Å². The topological polar surface area (TPSA) is 167 Å². The molecule has 0 spiro atoms. The summed E-state index contributed by atoms with van der Waals surface area (Å²) in [6.45, 7) is 6.76. The molecule has 3 heterocycles. The maximum Gasteiger partial charge on any atom is 0.356 e. The number of aromatic nitrogens is 4. The number of carbonyl (C=O) groups excluding carboxylic acids is 1. The number of hydrogen-bond acceptors (Lipinski definition) is 11. The van der Waals surface area contributed by atoms with Crippen LogP contribution in [-0.2, 0) is 23.1 Å². The Bertz CT molecular complexity index is 1270. The normalized spacial score (nSPS) is 22.0. The predicted octanol–water partition coefficient (Wildman–Crippen LogP) is 2.72. The Kier molecular flexibility index (Phi) is 8.89. The van der Waals surface area contributed by atoms with Crippen molar-refractivity contribution in [2.75, 3.05) is 18.3 Å². The average molecular weight is 550 g/mol. The van der Waals surface area contributed by atoms with Crippen LogP contribution in [0.1, 0.15) is 44.3 Å². The molecular weight excluding hydrogens is 517 g/mol.